The van der Waals surface area contributed by atoms with Crippen LogP contribution in [0.1, 0.15) is 5.56 Å². The number of benzene rings is 2. The van der Waals surface area contributed by atoms with Crippen LogP contribution in [-0.4, -0.2) is 49.4 Å². The molecule has 0 aromatic heterocycles. The fourth-order valence-electron chi connectivity index (χ4n) is 3.73. The number of carbonyl (C=O) groups is 2. The lowest BCUT2D eigenvalue weighted by Gasteiger charge is -2.33. The number of para-hydroxylation sites is 1. The molecule has 0 bridgehead atoms. The van der Waals surface area contributed by atoms with Gasteiger partial charge in [0.2, 0.25) is 0 Å². The number of nitrogens with one attached hydrogen (secondary N) is 1. The van der Waals surface area contributed by atoms with Crippen molar-refractivity contribution in [3.63, 3.8) is 0 Å². The van der Waals surface area contributed by atoms with Crippen LogP contribution >= 0.6 is 23.4 Å². The van der Waals surface area contributed by atoms with Gasteiger partial charge in [-0.2, -0.15) is 0 Å². The first-order chi connectivity index (χ1) is 13.6. The molecule has 0 radical (unpaired) electrons. The largest absolute Gasteiger partial charge is 0.383 e. The van der Waals surface area contributed by atoms with Crippen molar-refractivity contribution < 1.29 is 14.3 Å². The van der Waals surface area contributed by atoms with Crippen molar-refractivity contribution in [2.24, 2.45) is 0 Å². The van der Waals surface area contributed by atoms with Gasteiger partial charge in [-0.15, -0.1) is 11.8 Å². The van der Waals surface area contributed by atoms with Gasteiger partial charge in [-0.1, -0.05) is 35.9 Å². The average molecular weight is 418 g/mol. The van der Waals surface area contributed by atoms with Crippen LogP contribution in [0.15, 0.2) is 48.5 Å². The highest BCUT2D eigenvalue weighted by Crippen LogP contribution is 2.54. The molecule has 2 aliphatic heterocycles. The molecule has 8 heteroatoms. The molecule has 2 aromatic carbocycles. The number of carbonyl (C=O) groups excluding carboxylic acids is 2. The average Bonchev–Trinajstić information content (AvgIpc) is 3.23. The van der Waals surface area contributed by atoms with Crippen molar-refractivity contribution in [1.82, 2.24) is 4.90 Å². The standard InChI is InChI=1S/C20H20ClN3O3S/c1-27-11-9-23-17-8-3-2-7-16(17)20(18(23)25)24(10-12-28-20)19(26)22-15-6-4-5-14(21)13-15/h2-8,13H,9-12H2,1H3,(H,22,26). The highest BCUT2D eigenvalue weighted by molar-refractivity contribution is 8.01. The zero-order chi connectivity index (χ0) is 19.7. The number of hydrogen-bond donors (Lipinski definition) is 1. The van der Waals surface area contributed by atoms with E-state index in [2.05, 4.69) is 5.32 Å². The molecule has 2 heterocycles. The molecule has 3 amide bonds. The van der Waals surface area contributed by atoms with E-state index in [-0.39, 0.29) is 11.9 Å². The van der Waals surface area contributed by atoms with E-state index in [1.807, 2.05) is 24.3 Å². The third kappa shape index (κ3) is 3.03. The molecular formula is C20H20ClN3O3S. The van der Waals surface area contributed by atoms with Gasteiger partial charge < -0.3 is 15.0 Å². The Balaban J connectivity index is 1.69. The summed E-state index contributed by atoms with van der Waals surface area (Å²) in [6, 6.07) is 14.3. The normalized spacial score (nSPS) is 20.7. The van der Waals surface area contributed by atoms with Crippen LogP contribution in [-0.2, 0) is 14.4 Å². The van der Waals surface area contributed by atoms with Crippen LogP contribution in [0, 0.1) is 0 Å². The Bertz CT molecular complexity index is 925. The molecular weight excluding hydrogens is 398 g/mol. The summed E-state index contributed by atoms with van der Waals surface area (Å²) >= 11 is 7.52. The molecule has 1 N–H and O–H groups in total. The number of methoxy groups -OCH3 is 1. The smallest absolute Gasteiger partial charge is 0.323 e. The van der Waals surface area contributed by atoms with E-state index in [4.69, 9.17) is 16.3 Å². The summed E-state index contributed by atoms with van der Waals surface area (Å²) in [5.41, 5.74) is 2.28. The summed E-state index contributed by atoms with van der Waals surface area (Å²) < 4.78 is 5.18. The van der Waals surface area contributed by atoms with E-state index >= 15 is 0 Å². The van der Waals surface area contributed by atoms with Crippen molar-refractivity contribution >= 4 is 46.7 Å². The van der Waals surface area contributed by atoms with Crippen molar-refractivity contribution in [2.75, 3.05) is 42.8 Å². The Morgan fingerprint density at radius 3 is 2.89 bits per heavy atom. The minimum atomic E-state index is -1.05. The van der Waals surface area contributed by atoms with Gasteiger partial charge in [0.1, 0.15) is 0 Å². The molecule has 146 valence electrons. The predicted octanol–water partition coefficient (Wildman–Crippen LogP) is 3.77. The number of fused-ring (bicyclic) bond motifs is 2. The van der Waals surface area contributed by atoms with Crippen LogP contribution in [0.3, 0.4) is 0 Å². The Morgan fingerprint density at radius 1 is 1.29 bits per heavy atom. The molecule has 0 saturated carbocycles. The van der Waals surface area contributed by atoms with Crippen LogP contribution in [0.25, 0.3) is 0 Å². The Hall–Kier alpha value is -2.22. The van der Waals surface area contributed by atoms with E-state index in [9.17, 15) is 9.59 Å². The maximum Gasteiger partial charge on any atom is 0.323 e. The maximum absolute atomic E-state index is 13.5. The van der Waals surface area contributed by atoms with Crippen LogP contribution in [0.2, 0.25) is 5.02 Å². The second-order valence-corrected chi connectivity index (χ2v) is 8.28. The van der Waals surface area contributed by atoms with Crippen LogP contribution in [0.4, 0.5) is 16.2 Å². The lowest BCUT2D eigenvalue weighted by molar-refractivity contribution is -0.123. The van der Waals surface area contributed by atoms with Gasteiger partial charge in [-0.25, -0.2) is 4.79 Å². The van der Waals surface area contributed by atoms with Crippen LogP contribution in [0.5, 0.6) is 0 Å². The topological polar surface area (TPSA) is 61.9 Å². The van der Waals surface area contributed by atoms with E-state index < -0.39 is 4.87 Å². The number of urea groups is 1. The Labute approximate surface area is 172 Å². The highest BCUT2D eigenvalue weighted by Gasteiger charge is 2.59. The predicted molar refractivity (Wildman–Crippen MR) is 112 cm³/mol. The molecule has 4 rings (SSSR count). The summed E-state index contributed by atoms with van der Waals surface area (Å²) in [6.07, 6.45) is 0. The number of halogens is 1. The van der Waals surface area contributed by atoms with Gasteiger partial charge in [0, 0.05) is 42.2 Å². The quantitative estimate of drug-likeness (QED) is 0.822. The summed E-state index contributed by atoms with van der Waals surface area (Å²) in [7, 11) is 1.61. The highest BCUT2D eigenvalue weighted by atomic mass is 35.5. The van der Waals surface area contributed by atoms with Gasteiger partial charge in [-0.3, -0.25) is 9.69 Å². The minimum Gasteiger partial charge on any atom is -0.383 e. The number of anilines is 2. The number of amides is 3. The van der Waals surface area contributed by atoms with Crippen molar-refractivity contribution in [1.29, 1.82) is 0 Å². The number of rotatable bonds is 4. The van der Waals surface area contributed by atoms with Gasteiger partial charge in [0.05, 0.1) is 12.3 Å². The first-order valence-electron chi connectivity index (χ1n) is 8.96. The lowest BCUT2D eigenvalue weighted by Crippen LogP contribution is -2.52. The molecule has 6 nitrogen and oxygen atoms in total. The molecule has 1 saturated heterocycles. The zero-order valence-corrected chi connectivity index (χ0v) is 16.9. The van der Waals surface area contributed by atoms with E-state index in [0.29, 0.717) is 36.2 Å². The van der Waals surface area contributed by atoms with E-state index in [1.165, 1.54) is 11.8 Å². The molecule has 2 aliphatic rings. The molecule has 28 heavy (non-hydrogen) atoms. The van der Waals surface area contributed by atoms with E-state index in [1.54, 1.807) is 41.2 Å². The number of thioether (sulfide) groups is 1. The molecule has 1 atom stereocenters. The third-order valence-electron chi connectivity index (χ3n) is 4.94. The van der Waals surface area contributed by atoms with Crippen molar-refractivity contribution in [3.05, 3.63) is 59.1 Å². The summed E-state index contributed by atoms with van der Waals surface area (Å²) in [5.74, 6) is 0.579. The monoisotopic (exact) mass is 417 g/mol. The fraction of sp³-hybridized carbons (Fsp3) is 0.300. The van der Waals surface area contributed by atoms with Crippen LogP contribution < -0.4 is 10.2 Å². The van der Waals surface area contributed by atoms with Gasteiger partial charge in [-0.05, 0) is 24.3 Å². The van der Waals surface area contributed by atoms with Gasteiger partial charge in [0.25, 0.3) is 5.91 Å². The molecule has 0 aliphatic carbocycles. The molecule has 1 unspecified atom stereocenters. The van der Waals surface area contributed by atoms with Crippen molar-refractivity contribution in [3.8, 4) is 0 Å². The summed E-state index contributed by atoms with van der Waals surface area (Å²) in [6.45, 7) is 1.35. The van der Waals surface area contributed by atoms with E-state index in [0.717, 1.165) is 11.3 Å². The van der Waals surface area contributed by atoms with Crippen molar-refractivity contribution in [2.45, 2.75) is 4.87 Å². The SMILES string of the molecule is COCCN1C(=O)C2(SCCN2C(=O)Nc2cccc(Cl)c2)c2ccccc21. The second-order valence-electron chi connectivity index (χ2n) is 6.55. The lowest BCUT2D eigenvalue weighted by atomic mass is 10.1. The number of nitrogens with zero attached hydrogens (tertiary/aromatic N) is 2. The summed E-state index contributed by atoms with van der Waals surface area (Å²) in [4.78, 5) is 28.9. The third-order valence-corrected chi connectivity index (χ3v) is 6.60. The molecule has 2 aromatic rings. The first-order valence-corrected chi connectivity index (χ1v) is 10.3. The summed E-state index contributed by atoms with van der Waals surface area (Å²) in [5, 5.41) is 3.42. The number of ether oxygens (including phenoxy) is 1. The fourth-order valence-corrected chi connectivity index (χ4v) is 5.38. The van der Waals surface area contributed by atoms with Gasteiger partial charge in [0.15, 0.2) is 4.87 Å². The minimum absolute atomic E-state index is 0.102. The Morgan fingerprint density at radius 2 is 2.11 bits per heavy atom. The maximum atomic E-state index is 13.5. The Kier molecular flexibility index (Phi) is 5.23. The number of hydrogen-bond acceptors (Lipinski definition) is 4. The van der Waals surface area contributed by atoms with Gasteiger partial charge >= 0.3 is 6.03 Å². The molecule has 1 fully saturated rings. The first kappa shape index (κ1) is 19.1. The zero-order valence-electron chi connectivity index (χ0n) is 15.4. The molecule has 1 spiro atoms. The second kappa shape index (κ2) is 7.66.